The second-order valence-electron chi connectivity index (χ2n) is 4.80. The predicted octanol–water partition coefficient (Wildman–Crippen LogP) is 3.96. The third kappa shape index (κ3) is 2.77. The van der Waals surface area contributed by atoms with E-state index in [1.165, 1.54) is 6.07 Å². The van der Waals surface area contributed by atoms with Gasteiger partial charge in [-0.15, -0.1) is 0 Å². The average Bonchev–Trinajstić information content (AvgIpc) is 2.47. The minimum absolute atomic E-state index is 0.0623. The second kappa shape index (κ2) is 5.59. The maximum atomic E-state index is 12.4. The minimum Gasteiger partial charge on any atom is -0.377 e. The van der Waals surface area contributed by atoms with Crippen LogP contribution in [0, 0.1) is 6.92 Å². The zero-order valence-electron chi connectivity index (χ0n) is 11.7. The molecule has 0 saturated heterocycles. The summed E-state index contributed by atoms with van der Waals surface area (Å²) in [5.74, 6) is 0.176. The fraction of sp³-hybridized carbons (Fsp3) is 0.0625. The summed E-state index contributed by atoms with van der Waals surface area (Å²) >= 11 is 6.02. The van der Waals surface area contributed by atoms with Crippen LogP contribution in [-0.2, 0) is 10.1 Å². The van der Waals surface area contributed by atoms with Gasteiger partial charge in [-0.3, -0.25) is 4.98 Å². The number of benzene rings is 2. The molecule has 0 amide bonds. The van der Waals surface area contributed by atoms with Crippen molar-refractivity contribution < 1.29 is 12.6 Å². The summed E-state index contributed by atoms with van der Waals surface area (Å²) in [7, 11) is -4.02. The molecule has 112 valence electrons. The monoisotopic (exact) mass is 333 g/mol. The Morgan fingerprint density at radius 2 is 1.86 bits per heavy atom. The van der Waals surface area contributed by atoms with Gasteiger partial charge in [0.2, 0.25) is 0 Å². The summed E-state index contributed by atoms with van der Waals surface area (Å²) in [4.78, 5) is 4.11. The Morgan fingerprint density at radius 1 is 1.09 bits per heavy atom. The predicted molar refractivity (Wildman–Crippen MR) is 85.7 cm³/mol. The van der Waals surface area contributed by atoms with Crippen LogP contribution in [0.15, 0.2) is 59.6 Å². The normalized spacial score (nSPS) is 11.5. The van der Waals surface area contributed by atoms with Crippen molar-refractivity contribution in [3.8, 4) is 5.75 Å². The highest BCUT2D eigenvalue weighted by molar-refractivity contribution is 7.87. The quantitative estimate of drug-likeness (QED) is 0.681. The molecule has 6 heteroatoms. The number of nitrogens with zero attached hydrogens (tertiary/aromatic N) is 1. The maximum Gasteiger partial charge on any atom is 0.340 e. The van der Waals surface area contributed by atoms with E-state index in [2.05, 4.69) is 4.98 Å². The molecule has 22 heavy (non-hydrogen) atoms. The molecule has 0 aliphatic heterocycles. The maximum absolute atomic E-state index is 12.4. The lowest BCUT2D eigenvalue weighted by Crippen LogP contribution is -2.11. The number of rotatable bonds is 3. The fourth-order valence-electron chi connectivity index (χ4n) is 2.12. The minimum atomic E-state index is -4.02. The smallest absolute Gasteiger partial charge is 0.340 e. The van der Waals surface area contributed by atoms with Gasteiger partial charge in [0.25, 0.3) is 0 Å². The highest BCUT2D eigenvalue weighted by Crippen LogP contribution is 2.29. The summed E-state index contributed by atoms with van der Waals surface area (Å²) in [5, 5.41) is 0.929. The highest BCUT2D eigenvalue weighted by atomic mass is 35.5. The lowest BCUT2D eigenvalue weighted by atomic mass is 10.2. The van der Waals surface area contributed by atoms with Gasteiger partial charge in [0.1, 0.15) is 10.4 Å². The first-order chi connectivity index (χ1) is 10.5. The molecule has 0 aliphatic carbocycles. The van der Waals surface area contributed by atoms with E-state index in [9.17, 15) is 8.42 Å². The number of hydrogen-bond donors (Lipinski definition) is 0. The van der Waals surface area contributed by atoms with Gasteiger partial charge in [-0.1, -0.05) is 35.9 Å². The Morgan fingerprint density at radius 3 is 2.64 bits per heavy atom. The number of halogens is 1. The molecule has 0 fully saturated rings. The summed E-state index contributed by atoms with van der Waals surface area (Å²) in [6.07, 6.45) is 1.58. The Kier molecular flexibility index (Phi) is 3.76. The second-order valence-corrected chi connectivity index (χ2v) is 6.72. The lowest BCUT2D eigenvalue weighted by molar-refractivity contribution is 0.488. The van der Waals surface area contributed by atoms with Crippen LogP contribution in [0.3, 0.4) is 0 Å². The van der Waals surface area contributed by atoms with Crippen LogP contribution in [0.4, 0.5) is 0 Å². The van der Waals surface area contributed by atoms with E-state index >= 15 is 0 Å². The standard InChI is InChI=1S/C16H12ClNO3S/c1-11-7-8-15(13(17)10-11)22(19,20)21-14-6-2-4-12-5-3-9-18-16(12)14/h2-10H,1H3. The van der Waals surface area contributed by atoms with E-state index in [4.69, 9.17) is 15.8 Å². The number of aryl methyl sites for hydroxylation is 1. The van der Waals surface area contributed by atoms with Gasteiger partial charge in [-0.2, -0.15) is 8.42 Å². The zero-order valence-corrected chi connectivity index (χ0v) is 13.2. The van der Waals surface area contributed by atoms with Crippen molar-refractivity contribution in [1.82, 2.24) is 4.98 Å². The van der Waals surface area contributed by atoms with Crippen LogP contribution < -0.4 is 4.18 Å². The molecule has 1 heterocycles. The molecule has 2 aromatic carbocycles. The lowest BCUT2D eigenvalue weighted by Gasteiger charge is -2.10. The molecule has 3 rings (SSSR count). The SMILES string of the molecule is Cc1ccc(S(=O)(=O)Oc2cccc3cccnc23)c(Cl)c1. The Bertz CT molecular complexity index is 949. The van der Waals surface area contributed by atoms with Crippen LogP contribution in [-0.4, -0.2) is 13.4 Å². The first kappa shape index (κ1) is 14.8. The van der Waals surface area contributed by atoms with E-state index in [0.29, 0.717) is 5.52 Å². The molecular formula is C16H12ClNO3S. The summed E-state index contributed by atoms with van der Waals surface area (Å²) in [6.45, 7) is 1.83. The van der Waals surface area contributed by atoms with Gasteiger partial charge in [-0.25, -0.2) is 0 Å². The van der Waals surface area contributed by atoms with Crippen LogP contribution in [0.25, 0.3) is 10.9 Å². The van der Waals surface area contributed by atoms with E-state index in [1.54, 1.807) is 36.5 Å². The molecule has 0 unspecified atom stereocenters. The van der Waals surface area contributed by atoms with Crippen molar-refractivity contribution >= 4 is 32.6 Å². The van der Waals surface area contributed by atoms with E-state index in [0.717, 1.165) is 10.9 Å². The molecule has 3 aromatic rings. The topological polar surface area (TPSA) is 56.3 Å². The fourth-order valence-corrected chi connectivity index (χ4v) is 3.63. The highest BCUT2D eigenvalue weighted by Gasteiger charge is 2.21. The van der Waals surface area contributed by atoms with Crippen molar-refractivity contribution in [2.75, 3.05) is 0 Å². The van der Waals surface area contributed by atoms with Gasteiger partial charge in [0, 0.05) is 11.6 Å². The number of aromatic nitrogens is 1. The van der Waals surface area contributed by atoms with Crippen LogP contribution in [0.2, 0.25) is 5.02 Å². The van der Waals surface area contributed by atoms with E-state index in [1.807, 2.05) is 19.1 Å². The molecule has 0 radical (unpaired) electrons. The molecule has 0 N–H and O–H groups in total. The van der Waals surface area contributed by atoms with Crippen molar-refractivity contribution in [3.05, 3.63) is 65.3 Å². The average molecular weight is 334 g/mol. The number of para-hydroxylation sites is 1. The number of hydrogen-bond acceptors (Lipinski definition) is 4. The van der Waals surface area contributed by atoms with Crippen molar-refractivity contribution in [2.45, 2.75) is 11.8 Å². The first-order valence-corrected chi connectivity index (χ1v) is 8.30. The Labute approximate surface area is 133 Å². The van der Waals surface area contributed by atoms with Crippen molar-refractivity contribution in [3.63, 3.8) is 0 Å². The number of fused-ring (bicyclic) bond motifs is 1. The van der Waals surface area contributed by atoms with Crippen molar-refractivity contribution in [2.24, 2.45) is 0 Å². The summed E-state index contributed by atoms with van der Waals surface area (Å²) < 4.78 is 30.1. The molecule has 0 atom stereocenters. The zero-order chi connectivity index (χ0) is 15.7. The van der Waals surface area contributed by atoms with Crippen molar-refractivity contribution in [1.29, 1.82) is 0 Å². The third-order valence-electron chi connectivity index (χ3n) is 3.15. The van der Waals surface area contributed by atoms with Gasteiger partial charge in [-0.05, 0) is 36.8 Å². The van der Waals surface area contributed by atoms with Crippen LogP contribution in [0.1, 0.15) is 5.56 Å². The molecule has 4 nitrogen and oxygen atoms in total. The molecule has 0 spiro atoms. The van der Waals surface area contributed by atoms with E-state index in [-0.39, 0.29) is 15.7 Å². The third-order valence-corrected chi connectivity index (χ3v) is 4.87. The first-order valence-electron chi connectivity index (χ1n) is 6.52. The molecule has 1 aromatic heterocycles. The van der Waals surface area contributed by atoms with Crippen LogP contribution >= 0.6 is 11.6 Å². The Hall–Kier alpha value is -2.11. The van der Waals surface area contributed by atoms with Crippen LogP contribution in [0.5, 0.6) is 5.75 Å². The largest absolute Gasteiger partial charge is 0.377 e. The number of pyridine rings is 1. The van der Waals surface area contributed by atoms with E-state index < -0.39 is 10.1 Å². The van der Waals surface area contributed by atoms with Gasteiger partial charge in [0.05, 0.1) is 5.02 Å². The molecular weight excluding hydrogens is 322 g/mol. The molecule has 0 saturated carbocycles. The van der Waals surface area contributed by atoms with Gasteiger partial charge >= 0.3 is 10.1 Å². The Balaban J connectivity index is 2.07. The molecule has 0 bridgehead atoms. The molecule has 0 aliphatic rings. The van der Waals surface area contributed by atoms with Gasteiger partial charge < -0.3 is 4.18 Å². The summed E-state index contributed by atoms with van der Waals surface area (Å²) in [6, 6.07) is 13.4. The summed E-state index contributed by atoms with van der Waals surface area (Å²) in [5.41, 5.74) is 1.35. The van der Waals surface area contributed by atoms with Gasteiger partial charge in [0.15, 0.2) is 5.75 Å².